The largest absolute Gasteiger partial charge is 0.409 e. The lowest BCUT2D eigenvalue weighted by atomic mass is 10.2. The lowest BCUT2D eigenvalue weighted by Crippen LogP contribution is -2.14. The molecular formula is C15H15ClN2OS. The van der Waals surface area contributed by atoms with Crippen molar-refractivity contribution >= 4 is 29.2 Å². The predicted octanol–water partition coefficient (Wildman–Crippen LogP) is 4.20. The van der Waals surface area contributed by atoms with Crippen LogP contribution in [-0.2, 0) is 0 Å². The molecule has 0 aromatic heterocycles. The van der Waals surface area contributed by atoms with E-state index >= 15 is 0 Å². The molecule has 0 unspecified atom stereocenters. The summed E-state index contributed by atoms with van der Waals surface area (Å²) < 4.78 is 0. The van der Waals surface area contributed by atoms with E-state index < -0.39 is 0 Å². The number of halogens is 1. The minimum atomic E-state index is 0.0553. The Bertz CT molecular complexity index is 671. The Morgan fingerprint density at radius 2 is 1.85 bits per heavy atom. The molecule has 0 saturated carbocycles. The van der Waals surface area contributed by atoms with E-state index in [9.17, 15) is 0 Å². The van der Waals surface area contributed by atoms with E-state index in [1.165, 1.54) is 11.1 Å². The highest BCUT2D eigenvalue weighted by Gasteiger charge is 2.11. The molecule has 0 radical (unpaired) electrons. The fourth-order valence-corrected chi connectivity index (χ4v) is 3.05. The van der Waals surface area contributed by atoms with Crippen LogP contribution in [0.4, 0.5) is 0 Å². The smallest absolute Gasteiger partial charge is 0.171 e. The van der Waals surface area contributed by atoms with Crippen molar-refractivity contribution in [1.82, 2.24) is 0 Å². The van der Waals surface area contributed by atoms with Gasteiger partial charge in [0.2, 0.25) is 0 Å². The standard InChI is InChI=1S/C15H15ClN2OS/c1-9-3-5-13(10(2)7-9)20-14-6-4-11(16)8-12(14)15(17)18-19/h3-8,19H,1-2H3,(H2,17,18). The van der Waals surface area contributed by atoms with Crippen LogP contribution < -0.4 is 5.73 Å². The van der Waals surface area contributed by atoms with Crippen LogP contribution in [0, 0.1) is 13.8 Å². The second-order valence-electron chi connectivity index (χ2n) is 4.50. The maximum Gasteiger partial charge on any atom is 0.171 e. The van der Waals surface area contributed by atoms with E-state index in [-0.39, 0.29) is 5.84 Å². The fourth-order valence-electron chi connectivity index (χ4n) is 1.88. The molecule has 2 aromatic rings. The highest BCUT2D eigenvalue weighted by atomic mass is 35.5. The normalized spacial score (nSPS) is 11.7. The summed E-state index contributed by atoms with van der Waals surface area (Å²) in [5.41, 5.74) is 8.75. The van der Waals surface area contributed by atoms with Gasteiger partial charge in [-0.25, -0.2) is 0 Å². The van der Waals surface area contributed by atoms with Gasteiger partial charge in [-0.3, -0.25) is 0 Å². The van der Waals surface area contributed by atoms with Gasteiger partial charge in [0.15, 0.2) is 5.84 Å². The molecule has 2 rings (SSSR count). The second-order valence-corrected chi connectivity index (χ2v) is 6.02. The van der Waals surface area contributed by atoms with Crippen molar-refractivity contribution in [2.75, 3.05) is 0 Å². The predicted molar refractivity (Wildman–Crippen MR) is 84.0 cm³/mol. The van der Waals surface area contributed by atoms with Crippen molar-refractivity contribution < 1.29 is 5.21 Å². The number of amidine groups is 1. The van der Waals surface area contributed by atoms with E-state index in [4.69, 9.17) is 22.5 Å². The van der Waals surface area contributed by atoms with Gasteiger partial charge < -0.3 is 10.9 Å². The van der Waals surface area contributed by atoms with Crippen LogP contribution in [-0.4, -0.2) is 11.0 Å². The molecule has 0 aliphatic carbocycles. The first-order valence-corrected chi connectivity index (χ1v) is 7.23. The summed E-state index contributed by atoms with van der Waals surface area (Å²) in [7, 11) is 0. The van der Waals surface area contributed by atoms with Gasteiger partial charge in [0.05, 0.1) is 0 Å². The number of nitrogens with two attached hydrogens (primary N) is 1. The first-order valence-electron chi connectivity index (χ1n) is 6.04. The Morgan fingerprint density at radius 3 is 2.50 bits per heavy atom. The Balaban J connectivity index is 2.43. The highest BCUT2D eigenvalue weighted by Crippen LogP contribution is 2.34. The number of rotatable bonds is 3. The molecular weight excluding hydrogens is 292 g/mol. The third kappa shape index (κ3) is 3.26. The number of aryl methyl sites for hydroxylation is 2. The summed E-state index contributed by atoms with van der Waals surface area (Å²) in [6.07, 6.45) is 0. The summed E-state index contributed by atoms with van der Waals surface area (Å²) in [6, 6.07) is 11.6. The van der Waals surface area contributed by atoms with E-state index in [2.05, 4.69) is 37.2 Å². The number of nitrogens with zero attached hydrogens (tertiary/aromatic N) is 1. The zero-order valence-electron chi connectivity index (χ0n) is 11.2. The van der Waals surface area contributed by atoms with Gasteiger partial charge in [0.25, 0.3) is 0 Å². The summed E-state index contributed by atoms with van der Waals surface area (Å²) in [6.45, 7) is 4.12. The van der Waals surface area contributed by atoms with Gasteiger partial charge in [0, 0.05) is 20.4 Å². The molecule has 104 valence electrons. The molecule has 2 aromatic carbocycles. The maximum absolute atomic E-state index is 8.87. The SMILES string of the molecule is Cc1ccc(Sc2ccc(Cl)cc2C(N)=NO)c(C)c1. The first-order chi connectivity index (χ1) is 9.51. The third-order valence-electron chi connectivity index (χ3n) is 2.88. The maximum atomic E-state index is 8.87. The Kier molecular flexibility index (Phi) is 4.57. The van der Waals surface area contributed by atoms with Crippen LogP contribution in [0.5, 0.6) is 0 Å². The van der Waals surface area contributed by atoms with Crippen molar-refractivity contribution in [1.29, 1.82) is 0 Å². The Labute approximate surface area is 127 Å². The summed E-state index contributed by atoms with van der Waals surface area (Å²) in [5.74, 6) is 0.0553. The average Bonchev–Trinajstić information content (AvgIpc) is 2.42. The lowest BCUT2D eigenvalue weighted by molar-refractivity contribution is 0.318. The van der Waals surface area contributed by atoms with Gasteiger partial charge in [-0.2, -0.15) is 0 Å². The van der Waals surface area contributed by atoms with E-state index in [1.54, 1.807) is 23.9 Å². The topological polar surface area (TPSA) is 58.6 Å². The van der Waals surface area contributed by atoms with Crippen molar-refractivity contribution in [3.8, 4) is 0 Å². The fraction of sp³-hybridized carbons (Fsp3) is 0.133. The van der Waals surface area contributed by atoms with Crippen LogP contribution in [0.1, 0.15) is 16.7 Å². The van der Waals surface area contributed by atoms with Crippen LogP contribution in [0.2, 0.25) is 5.02 Å². The molecule has 0 atom stereocenters. The van der Waals surface area contributed by atoms with Gasteiger partial charge >= 0.3 is 0 Å². The van der Waals surface area contributed by atoms with Gasteiger partial charge in [-0.1, -0.05) is 46.2 Å². The molecule has 0 heterocycles. The summed E-state index contributed by atoms with van der Waals surface area (Å²) in [5, 5.41) is 12.5. The average molecular weight is 307 g/mol. The molecule has 20 heavy (non-hydrogen) atoms. The zero-order chi connectivity index (χ0) is 14.7. The van der Waals surface area contributed by atoms with Crippen LogP contribution >= 0.6 is 23.4 Å². The molecule has 5 heteroatoms. The molecule has 0 saturated heterocycles. The van der Waals surface area contributed by atoms with Crippen LogP contribution in [0.3, 0.4) is 0 Å². The molecule has 0 aliphatic rings. The highest BCUT2D eigenvalue weighted by molar-refractivity contribution is 7.99. The monoisotopic (exact) mass is 306 g/mol. The first kappa shape index (κ1) is 14.8. The van der Waals surface area contributed by atoms with Crippen LogP contribution in [0.25, 0.3) is 0 Å². The van der Waals surface area contributed by atoms with E-state index in [0.29, 0.717) is 10.6 Å². The number of benzene rings is 2. The Morgan fingerprint density at radius 1 is 1.15 bits per heavy atom. The third-order valence-corrected chi connectivity index (χ3v) is 4.36. The minimum Gasteiger partial charge on any atom is -0.409 e. The van der Waals surface area contributed by atoms with Crippen molar-refractivity contribution in [3.05, 3.63) is 58.1 Å². The number of oxime groups is 1. The van der Waals surface area contributed by atoms with Crippen molar-refractivity contribution in [2.45, 2.75) is 23.6 Å². The van der Waals surface area contributed by atoms with Crippen molar-refractivity contribution in [2.24, 2.45) is 10.9 Å². The molecule has 0 aliphatic heterocycles. The lowest BCUT2D eigenvalue weighted by Gasteiger charge is -2.11. The number of hydrogen-bond acceptors (Lipinski definition) is 3. The molecule has 3 nitrogen and oxygen atoms in total. The molecule has 0 fully saturated rings. The molecule has 0 spiro atoms. The molecule has 3 N–H and O–H groups in total. The summed E-state index contributed by atoms with van der Waals surface area (Å²) >= 11 is 7.54. The Hall–Kier alpha value is -1.65. The second kappa shape index (κ2) is 6.20. The summed E-state index contributed by atoms with van der Waals surface area (Å²) in [4.78, 5) is 2.03. The molecule has 0 amide bonds. The van der Waals surface area contributed by atoms with Crippen molar-refractivity contribution in [3.63, 3.8) is 0 Å². The number of hydrogen-bond donors (Lipinski definition) is 2. The van der Waals surface area contributed by atoms with E-state index in [1.807, 2.05) is 6.07 Å². The van der Waals surface area contributed by atoms with Gasteiger partial charge in [0.1, 0.15) is 0 Å². The molecule has 0 bridgehead atoms. The minimum absolute atomic E-state index is 0.0553. The van der Waals surface area contributed by atoms with E-state index in [0.717, 1.165) is 9.79 Å². The van der Waals surface area contributed by atoms with Crippen LogP contribution in [0.15, 0.2) is 51.3 Å². The van der Waals surface area contributed by atoms with Gasteiger partial charge in [-0.05, 0) is 43.7 Å². The zero-order valence-corrected chi connectivity index (χ0v) is 12.8. The quantitative estimate of drug-likeness (QED) is 0.387. The van der Waals surface area contributed by atoms with Gasteiger partial charge in [-0.15, -0.1) is 0 Å².